The lowest BCUT2D eigenvalue weighted by atomic mass is 9.85. The van der Waals surface area contributed by atoms with Gasteiger partial charge in [0.1, 0.15) is 11.6 Å². The maximum absolute atomic E-state index is 13.1. The molecule has 1 aliphatic heterocycles. The molecule has 0 radical (unpaired) electrons. The first kappa shape index (κ1) is 16.2. The molecule has 4 heteroatoms. The molecule has 1 aromatic carbocycles. The van der Waals surface area contributed by atoms with Gasteiger partial charge in [0.2, 0.25) is 0 Å². The number of hydrogen-bond donors (Lipinski definition) is 1. The molecule has 21 heavy (non-hydrogen) atoms. The number of ether oxygens (including phenoxy) is 1. The molecule has 1 saturated heterocycles. The van der Waals surface area contributed by atoms with Crippen molar-refractivity contribution in [1.82, 2.24) is 4.90 Å². The summed E-state index contributed by atoms with van der Waals surface area (Å²) in [5.74, 6) is 0.854. The van der Waals surface area contributed by atoms with Crippen LogP contribution in [0.25, 0.3) is 0 Å². The van der Waals surface area contributed by atoms with Crippen LogP contribution < -0.4 is 4.74 Å². The van der Waals surface area contributed by atoms with E-state index in [2.05, 4.69) is 18.7 Å². The molecule has 0 bridgehead atoms. The number of aliphatic hydroxyl groups is 1. The number of benzene rings is 1. The van der Waals surface area contributed by atoms with Gasteiger partial charge in [0, 0.05) is 24.6 Å². The van der Waals surface area contributed by atoms with Crippen molar-refractivity contribution < 1.29 is 14.2 Å². The molecular weight excluding hydrogens is 269 g/mol. The Labute approximate surface area is 126 Å². The Morgan fingerprint density at radius 3 is 2.62 bits per heavy atom. The zero-order chi connectivity index (χ0) is 15.2. The number of likely N-dealkylation sites (tertiary alicyclic amines) is 1. The van der Waals surface area contributed by atoms with Crippen LogP contribution in [0.3, 0.4) is 0 Å². The monoisotopic (exact) mass is 295 g/mol. The van der Waals surface area contributed by atoms with Gasteiger partial charge in [0.05, 0.1) is 6.61 Å². The maximum Gasteiger partial charge on any atom is 0.126 e. The summed E-state index contributed by atoms with van der Waals surface area (Å²) in [4.78, 5) is 2.47. The lowest BCUT2D eigenvalue weighted by Gasteiger charge is -2.37. The summed E-state index contributed by atoms with van der Waals surface area (Å²) in [6, 6.07) is 6.76. The third-order valence-corrected chi connectivity index (χ3v) is 4.47. The second-order valence-electron chi connectivity index (χ2n) is 6.18. The van der Waals surface area contributed by atoms with Gasteiger partial charge >= 0.3 is 0 Å². The molecule has 3 nitrogen and oxygen atoms in total. The molecule has 1 unspecified atom stereocenters. The molecule has 0 aliphatic carbocycles. The summed E-state index contributed by atoms with van der Waals surface area (Å²) in [5.41, 5.74) is 0. The molecule has 1 aromatic rings. The Balaban J connectivity index is 1.83. The predicted octanol–water partition coefficient (Wildman–Crippen LogP) is 2.93. The molecule has 1 atom stereocenters. The van der Waals surface area contributed by atoms with Crippen molar-refractivity contribution in [2.24, 2.45) is 11.8 Å². The average molecular weight is 295 g/mol. The number of aliphatic hydroxyl groups excluding tert-OH is 1. The van der Waals surface area contributed by atoms with E-state index in [-0.39, 0.29) is 18.3 Å². The van der Waals surface area contributed by atoms with Gasteiger partial charge in [-0.05, 0) is 57.8 Å². The Morgan fingerprint density at radius 2 is 2.05 bits per heavy atom. The van der Waals surface area contributed by atoms with Crippen molar-refractivity contribution in [3.63, 3.8) is 0 Å². The van der Waals surface area contributed by atoms with Gasteiger partial charge in [-0.15, -0.1) is 0 Å². The van der Waals surface area contributed by atoms with Gasteiger partial charge < -0.3 is 14.7 Å². The molecule has 0 saturated carbocycles. The van der Waals surface area contributed by atoms with E-state index in [0.717, 1.165) is 25.9 Å². The second-order valence-corrected chi connectivity index (χ2v) is 6.18. The fourth-order valence-electron chi connectivity index (χ4n) is 3.01. The number of halogens is 1. The third kappa shape index (κ3) is 4.68. The van der Waals surface area contributed by atoms with Crippen LogP contribution >= 0.6 is 0 Å². The van der Waals surface area contributed by atoms with E-state index in [0.29, 0.717) is 24.3 Å². The highest BCUT2D eigenvalue weighted by atomic mass is 19.1. The normalized spacial score (nSPS) is 18.9. The van der Waals surface area contributed by atoms with E-state index in [9.17, 15) is 9.50 Å². The van der Waals surface area contributed by atoms with Crippen LogP contribution in [0.1, 0.15) is 26.7 Å². The summed E-state index contributed by atoms with van der Waals surface area (Å²) < 4.78 is 18.8. The minimum atomic E-state index is -0.293. The number of rotatable bonds is 6. The van der Waals surface area contributed by atoms with Crippen molar-refractivity contribution in [3.05, 3.63) is 30.1 Å². The predicted molar refractivity (Wildman–Crippen MR) is 81.9 cm³/mol. The van der Waals surface area contributed by atoms with E-state index in [1.165, 1.54) is 12.1 Å². The molecule has 1 N–H and O–H groups in total. The summed E-state index contributed by atoms with van der Waals surface area (Å²) in [5, 5.41) is 9.62. The van der Waals surface area contributed by atoms with Gasteiger partial charge in [0.15, 0.2) is 0 Å². The first-order valence-electron chi connectivity index (χ1n) is 7.83. The van der Waals surface area contributed by atoms with Crippen molar-refractivity contribution in [1.29, 1.82) is 0 Å². The highest BCUT2D eigenvalue weighted by Crippen LogP contribution is 2.27. The first-order chi connectivity index (χ1) is 10.1. The molecule has 0 amide bonds. The van der Waals surface area contributed by atoms with Crippen LogP contribution in [-0.2, 0) is 0 Å². The summed E-state index contributed by atoms with van der Waals surface area (Å²) in [6.07, 6.45) is 2.19. The van der Waals surface area contributed by atoms with Crippen molar-refractivity contribution in [2.45, 2.75) is 32.7 Å². The van der Waals surface area contributed by atoms with E-state index in [1.807, 2.05) is 0 Å². The highest BCUT2D eigenvalue weighted by molar-refractivity contribution is 5.22. The number of nitrogens with zero attached hydrogens (tertiary/aromatic N) is 1. The van der Waals surface area contributed by atoms with Gasteiger partial charge in [0.25, 0.3) is 0 Å². The Kier molecular flexibility index (Phi) is 6.00. The molecule has 118 valence electrons. The lowest BCUT2D eigenvalue weighted by molar-refractivity contribution is 0.0647. The van der Waals surface area contributed by atoms with Gasteiger partial charge in [-0.25, -0.2) is 4.39 Å². The van der Waals surface area contributed by atoms with Gasteiger partial charge in [-0.3, -0.25) is 0 Å². The van der Waals surface area contributed by atoms with Crippen molar-refractivity contribution >= 4 is 0 Å². The molecule has 1 aliphatic rings. The van der Waals surface area contributed by atoms with E-state index >= 15 is 0 Å². The molecule has 0 aromatic heterocycles. The Morgan fingerprint density at radius 1 is 1.33 bits per heavy atom. The Hall–Kier alpha value is -1.13. The average Bonchev–Trinajstić information content (AvgIpc) is 2.48. The molecule has 2 rings (SSSR count). The largest absolute Gasteiger partial charge is 0.493 e. The zero-order valence-corrected chi connectivity index (χ0v) is 13.0. The number of piperidine rings is 1. The van der Waals surface area contributed by atoms with E-state index in [4.69, 9.17) is 4.74 Å². The Bertz CT molecular complexity index is 431. The van der Waals surface area contributed by atoms with Crippen LogP contribution in [0, 0.1) is 17.7 Å². The minimum absolute atomic E-state index is 0.127. The third-order valence-electron chi connectivity index (χ3n) is 4.47. The second kappa shape index (κ2) is 7.76. The van der Waals surface area contributed by atoms with Crippen molar-refractivity contribution in [3.8, 4) is 5.75 Å². The molecule has 0 spiro atoms. The number of hydrogen-bond acceptors (Lipinski definition) is 3. The fourth-order valence-corrected chi connectivity index (χ4v) is 3.01. The fraction of sp³-hybridized carbons (Fsp3) is 0.647. The minimum Gasteiger partial charge on any atom is -0.493 e. The SMILES string of the molecule is CC(C)N1CCC(C(CO)COc2cccc(F)c2)CC1. The summed E-state index contributed by atoms with van der Waals surface area (Å²) in [7, 11) is 0. The van der Waals surface area contributed by atoms with E-state index in [1.54, 1.807) is 12.1 Å². The lowest BCUT2D eigenvalue weighted by Crippen LogP contribution is -2.41. The standard InChI is InChI=1S/C17H26FNO2/c1-13(2)19-8-6-14(7-9-19)15(11-20)12-21-17-5-3-4-16(18)10-17/h3-5,10,13-15,20H,6-9,11-12H2,1-2H3. The van der Waals surface area contributed by atoms with Gasteiger partial charge in [-0.2, -0.15) is 0 Å². The first-order valence-corrected chi connectivity index (χ1v) is 7.83. The van der Waals surface area contributed by atoms with Crippen LogP contribution in [0.2, 0.25) is 0 Å². The highest BCUT2D eigenvalue weighted by Gasteiger charge is 2.27. The topological polar surface area (TPSA) is 32.7 Å². The molecule has 1 heterocycles. The van der Waals surface area contributed by atoms with Crippen LogP contribution in [0.5, 0.6) is 5.75 Å². The molecule has 1 fully saturated rings. The van der Waals surface area contributed by atoms with E-state index < -0.39 is 0 Å². The maximum atomic E-state index is 13.1. The summed E-state index contributed by atoms with van der Waals surface area (Å²) >= 11 is 0. The summed E-state index contributed by atoms with van der Waals surface area (Å²) in [6.45, 7) is 7.18. The van der Waals surface area contributed by atoms with Crippen LogP contribution in [0.15, 0.2) is 24.3 Å². The van der Waals surface area contributed by atoms with Crippen molar-refractivity contribution in [2.75, 3.05) is 26.3 Å². The smallest absolute Gasteiger partial charge is 0.126 e. The zero-order valence-electron chi connectivity index (χ0n) is 13.0. The quantitative estimate of drug-likeness (QED) is 0.876. The van der Waals surface area contributed by atoms with Crippen LogP contribution in [-0.4, -0.2) is 42.4 Å². The molecular formula is C17H26FNO2. The van der Waals surface area contributed by atoms with Crippen LogP contribution in [0.4, 0.5) is 4.39 Å². The van der Waals surface area contributed by atoms with Gasteiger partial charge in [-0.1, -0.05) is 6.07 Å².